The van der Waals surface area contributed by atoms with E-state index in [0.717, 1.165) is 28.9 Å². The lowest BCUT2D eigenvalue weighted by Crippen LogP contribution is -2.22. The Morgan fingerprint density at radius 3 is 2.57 bits per heavy atom. The molecular formula is C16H16N4O. The van der Waals surface area contributed by atoms with E-state index in [2.05, 4.69) is 10.2 Å². The van der Waals surface area contributed by atoms with Gasteiger partial charge in [-0.05, 0) is 25.0 Å². The summed E-state index contributed by atoms with van der Waals surface area (Å²) in [6.07, 6.45) is 3.97. The van der Waals surface area contributed by atoms with Crippen molar-refractivity contribution in [3.63, 3.8) is 0 Å². The first-order valence-corrected chi connectivity index (χ1v) is 6.90. The van der Waals surface area contributed by atoms with Gasteiger partial charge in [-0.1, -0.05) is 37.3 Å². The van der Waals surface area contributed by atoms with Crippen LogP contribution in [-0.2, 0) is 6.42 Å². The van der Waals surface area contributed by atoms with Gasteiger partial charge in [-0.3, -0.25) is 0 Å². The molecule has 0 unspecified atom stereocenters. The molecule has 0 atom stereocenters. The quantitative estimate of drug-likeness (QED) is 0.724. The average Bonchev–Trinajstić information content (AvgIpc) is 3.15. The minimum absolute atomic E-state index is 0.269. The number of aryl methyl sites for hydroxylation is 1. The molecule has 0 aliphatic heterocycles. The van der Waals surface area contributed by atoms with Crippen LogP contribution in [0.3, 0.4) is 0 Å². The molecule has 0 aliphatic rings. The summed E-state index contributed by atoms with van der Waals surface area (Å²) in [6.45, 7) is 3.95. The van der Waals surface area contributed by atoms with E-state index in [1.165, 1.54) is 9.36 Å². The van der Waals surface area contributed by atoms with Gasteiger partial charge in [0.2, 0.25) is 0 Å². The zero-order chi connectivity index (χ0) is 14.8. The van der Waals surface area contributed by atoms with Crippen LogP contribution >= 0.6 is 0 Å². The van der Waals surface area contributed by atoms with Crippen molar-refractivity contribution in [3.8, 4) is 11.1 Å². The second-order valence-corrected chi connectivity index (χ2v) is 4.77. The third-order valence-electron chi connectivity index (χ3n) is 3.47. The van der Waals surface area contributed by atoms with Crippen LogP contribution in [0.2, 0.25) is 0 Å². The van der Waals surface area contributed by atoms with Gasteiger partial charge in [-0.25, -0.2) is 4.79 Å². The molecule has 0 amide bonds. The number of aromatic nitrogens is 4. The van der Waals surface area contributed by atoms with Crippen LogP contribution in [0, 0.1) is 6.92 Å². The minimum Gasteiger partial charge on any atom is -0.244 e. The van der Waals surface area contributed by atoms with Crippen molar-refractivity contribution < 1.29 is 4.79 Å². The van der Waals surface area contributed by atoms with E-state index >= 15 is 0 Å². The highest BCUT2D eigenvalue weighted by molar-refractivity contribution is 5.81. The predicted molar refractivity (Wildman–Crippen MR) is 80.2 cm³/mol. The maximum Gasteiger partial charge on any atom is 0.369 e. The lowest BCUT2D eigenvalue weighted by atomic mass is 10.0. The molecular weight excluding hydrogens is 264 g/mol. The number of hydrogen-bond donors (Lipinski definition) is 0. The second kappa shape index (κ2) is 5.36. The fraction of sp³-hybridized carbons (Fsp3) is 0.188. The molecule has 3 rings (SSSR count). The molecule has 0 aliphatic carbocycles. The van der Waals surface area contributed by atoms with Crippen LogP contribution in [0.4, 0.5) is 4.79 Å². The van der Waals surface area contributed by atoms with Crippen LogP contribution in [0.1, 0.15) is 18.3 Å². The minimum atomic E-state index is -0.269. The Hall–Kier alpha value is -2.69. The van der Waals surface area contributed by atoms with Gasteiger partial charge >= 0.3 is 6.03 Å². The summed E-state index contributed by atoms with van der Waals surface area (Å²) in [6, 6.07) is 11.5. The lowest BCUT2D eigenvalue weighted by Gasteiger charge is -2.04. The highest BCUT2D eigenvalue weighted by Gasteiger charge is 2.20. The van der Waals surface area contributed by atoms with E-state index in [4.69, 9.17) is 0 Å². The number of carbonyl (C=O) groups excluding carboxylic acids is 1. The van der Waals surface area contributed by atoms with E-state index in [1.807, 2.05) is 44.2 Å². The molecule has 2 aromatic heterocycles. The van der Waals surface area contributed by atoms with Crippen LogP contribution in [0.5, 0.6) is 0 Å². The van der Waals surface area contributed by atoms with Gasteiger partial charge in [-0.15, -0.1) is 0 Å². The van der Waals surface area contributed by atoms with E-state index in [-0.39, 0.29) is 6.03 Å². The Balaban J connectivity index is 2.13. The van der Waals surface area contributed by atoms with Crippen LogP contribution < -0.4 is 0 Å². The van der Waals surface area contributed by atoms with Gasteiger partial charge in [0.25, 0.3) is 0 Å². The molecule has 0 fully saturated rings. The molecule has 1 aromatic carbocycles. The molecule has 0 saturated carbocycles. The van der Waals surface area contributed by atoms with E-state index in [1.54, 1.807) is 18.5 Å². The standard InChI is InChI=1S/C16H16N4O/c1-3-14-15(13-8-5-4-6-9-13)12(2)20(18-14)16(21)19-11-7-10-17-19/h4-11H,3H2,1-2H3. The second-order valence-electron chi connectivity index (χ2n) is 4.77. The summed E-state index contributed by atoms with van der Waals surface area (Å²) in [5.74, 6) is 0. The van der Waals surface area contributed by atoms with E-state index in [0.29, 0.717) is 0 Å². The first-order chi connectivity index (χ1) is 10.2. The summed E-state index contributed by atoms with van der Waals surface area (Å²) in [7, 11) is 0. The molecule has 5 nitrogen and oxygen atoms in total. The third kappa shape index (κ3) is 2.27. The fourth-order valence-corrected chi connectivity index (χ4v) is 2.45. The SMILES string of the molecule is CCc1nn(C(=O)n2cccn2)c(C)c1-c1ccccc1. The fourth-order valence-electron chi connectivity index (χ4n) is 2.45. The summed E-state index contributed by atoms with van der Waals surface area (Å²) >= 11 is 0. The van der Waals surface area contributed by atoms with Crippen molar-refractivity contribution in [1.29, 1.82) is 0 Å². The Bertz CT molecular complexity index is 757. The Morgan fingerprint density at radius 2 is 1.95 bits per heavy atom. The van der Waals surface area contributed by atoms with Gasteiger partial charge < -0.3 is 0 Å². The number of hydrogen-bond acceptors (Lipinski definition) is 3. The van der Waals surface area contributed by atoms with Crippen molar-refractivity contribution in [2.24, 2.45) is 0 Å². The summed E-state index contributed by atoms with van der Waals surface area (Å²) in [4.78, 5) is 12.4. The van der Waals surface area contributed by atoms with E-state index < -0.39 is 0 Å². The van der Waals surface area contributed by atoms with E-state index in [9.17, 15) is 4.79 Å². The molecule has 0 saturated heterocycles. The highest BCUT2D eigenvalue weighted by Crippen LogP contribution is 2.27. The molecule has 106 valence electrons. The topological polar surface area (TPSA) is 52.7 Å². The number of carbonyl (C=O) groups is 1. The largest absolute Gasteiger partial charge is 0.369 e. The third-order valence-corrected chi connectivity index (χ3v) is 3.47. The predicted octanol–water partition coefficient (Wildman–Crippen LogP) is 3.13. The first-order valence-electron chi connectivity index (χ1n) is 6.90. The normalized spacial score (nSPS) is 10.8. The van der Waals surface area contributed by atoms with Gasteiger partial charge in [0.1, 0.15) is 0 Å². The van der Waals surface area contributed by atoms with Crippen molar-refractivity contribution in [3.05, 3.63) is 60.2 Å². The molecule has 0 N–H and O–H groups in total. The Morgan fingerprint density at radius 1 is 1.19 bits per heavy atom. The summed E-state index contributed by atoms with van der Waals surface area (Å²) in [5, 5.41) is 8.44. The summed E-state index contributed by atoms with van der Waals surface area (Å²) < 4.78 is 2.71. The van der Waals surface area contributed by atoms with Gasteiger partial charge in [-0.2, -0.15) is 19.6 Å². The maximum absolute atomic E-state index is 12.4. The van der Waals surface area contributed by atoms with Crippen LogP contribution in [-0.4, -0.2) is 25.6 Å². The zero-order valence-electron chi connectivity index (χ0n) is 12.0. The number of benzene rings is 1. The van der Waals surface area contributed by atoms with Crippen molar-refractivity contribution in [2.45, 2.75) is 20.3 Å². The lowest BCUT2D eigenvalue weighted by molar-refractivity contribution is 0.237. The van der Waals surface area contributed by atoms with Crippen molar-refractivity contribution in [2.75, 3.05) is 0 Å². The average molecular weight is 280 g/mol. The van der Waals surface area contributed by atoms with Gasteiger partial charge in [0.05, 0.1) is 11.4 Å². The molecule has 5 heteroatoms. The summed E-state index contributed by atoms with van der Waals surface area (Å²) in [5.41, 5.74) is 3.85. The monoisotopic (exact) mass is 280 g/mol. The Labute approximate surface area is 122 Å². The molecule has 21 heavy (non-hydrogen) atoms. The van der Waals surface area contributed by atoms with Gasteiger partial charge in [0, 0.05) is 18.0 Å². The van der Waals surface area contributed by atoms with Crippen LogP contribution in [0.15, 0.2) is 48.8 Å². The number of nitrogens with zero attached hydrogens (tertiary/aromatic N) is 4. The van der Waals surface area contributed by atoms with Crippen molar-refractivity contribution >= 4 is 6.03 Å². The highest BCUT2D eigenvalue weighted by atomic mass is 16.2. The molecule has 2 heterocycles. The number of rotatable bonds is 2. The van der Waals surface area contributed by atoms with Gasteiger partial charge in [0.15, 0.2) is 0 Å². The molecule has 0 bridgehead atoms. The maximum atomic E-state index is 12.4. The first kappa shape index (κ1) is 13.3. The van der Waals surface area contributed by atoms with Crippen LogP contribution in [0.25, 0.3) is 11.1 Å². The zero-order valence-corrected chi connectivity index (χ0v) is 12.0. The molecule has 0 radical (unpaired) electrons. The Kier molecular flexibility index (Phi) is 3.39. The molecule has 3 aromatic rings. The smallest absolute Gasteiger partial charge is 0.244 e. The molecule has 0 spiro atoms. The van der Waals surface area contributed by atoms with Crippen molar-refractivity contribution in [1.82, 2.24) is 19.6 Å².